The highest BCUT2D eigenvalue weighted by Gasteiger charge is 2.44. The number of carbonyl (C=O) groups is 2. The summed E-state index contributed by atoms with van der Waals surface area (Å²) in [4.78, 5) is 37.5. The van der Waals surface area contributed by atoms with Gasteiger partial charge in [-0.1, -0.05) is 34.4 Å². The third kappa shape index (κ3) is 11.1. The molecule has 1 saturated heterocycles. The van der Waals surface area contributed by atoms with E-state index in [1.54, 1.807) is 6.20 Å². The molecule has 334 valence electrons. The van der Waals surface area contributed by atoms with Crippen molar-refractivity contribution in [2.45, 2.75) is 177 Å². The van der Waals surface area contributed by atoms with Gasteiger partial charge in [-0.15, -0.1) is 0 Å². The van der Waals surface area contributed by atoms with Gasteiger partial charge in [0, 0.05) is 67.4 Å². The number of nitrogens with one attached hydrogen (secondary N) is 1. The number of amides is 1. The number of aromatic nitrogens is 1. The molecule has 3 aliphatic carbocycles. The van der Waals surface area contributed by atoms with Gasteiger partial charge in [0.1, 0.15) is 18.0 Å². The van der Waals surface area contributed by atoms with Crippen LogP contribution in [0.15, 0.2) is 29.4 Å². The molecule has 12 nitrogen and oxygen atoms in total. The van der Waals surface area contributed by atoms with Crippen molar-refractivity contribution < 1.29 is 29.3 Å². The lowest BCUT2D eigenvalue weighted by Gasteiger charge is -2.34. The van der Waals surface area contributed by atoms with E-state index in [1.165, 1.54) is 19.8 Å². The minimum atomic E-state index is -0.564. The number of ether oxygens (including phenoxy) is 2. The van der Waals surface area contributed by atoms with Gasteiger partial charge in [0.05, 0.1) is 11.0 Å². The highest BCUT2D eigenvalue weighted by molar-refractivity contribution is 8.77. The van der Waals surface area contributed by atoms with E-state index in [0.717, 1.165) is 93.7 Å². The average Bonchev–Trinajstić information content (AvgIpc) is 3.92. The van der Waals surface area contributed by atoms with Crippen molar-refractivity contribution in [2.75, 3.05) is 18.8 Å². The number of phenolic OH excluding ortho intramolecular Hbond substituents is 1. The monoisotopic (exact) mass is 876 g/mol. The standard InChI is InChI=1S/C47H68N6O6S2/c1-30(54)58-37-13-10-34-24-35(43(57)44-39(34)16-11-33-5-4-6-40(33)59-44)28-53-29-46(27-42(53)56,26-32-17-21-50-41(48)23-32)20-22-51-45(49)52-47(18-2-3-19-47)61-60-38-14-8-31(9-15-38)7-12-36(55)25-37/h17,21,23-24,31,33,36-38,40,55,57H,2-16,18-20,22,25-29H2,1H3,(H2,48,50)(H3,49,51,52). The molecule has 5 unspecified atom stereocenters. The summed E-state index contributed by atoms with van der Waals surface area (Å²) in [6.45, 7) is 2.64. The number of carbonyl (C=O) groups excluding carboxylic acids is 2. The number of rotatable bonds is 3. The SMILES string of the molecule is CC(=O)OC1CCc2cc(c(O)c3c2CCC2CCCC2O3)CN2CC(Cc3ccnc(N)c3)(CCN=C(N)NC3(CCCC3)SSC3CCC(CCC(O)C1)CC3)CC2=O. The second kappa shape index (κ2) is 19.6. The van der Waals surface area contributed by atoms with Gasteiger partial charge in [-0.2, -0.15) is 0 Å². The number of pyridine rings is 1. The van der Waals surface area contributed by atoms with Crippen molar-refractivity contribution in [3.05, 3.63) is 46.6 Å². The van der Waals surface area contributed by atoms with E-state index in [1.807, 2.05) is 38.6 Å². The Kier molecular flexibility index (Phi) is 14.2. The zero-order valence-electron chi connectivity index (χ0n) is 36.1. The number of aromatic hydroxyl groups is 1. The molecule has 5 atom stereocenters. The molecule has 9 rings (SSSR count). The Morgan fingerprint density at radius 2 is 1.80 bits per heavy atom. The number of hydrogen-bond acceptors (Lipinski definition) is 13. The van der Waals surface area contributed by atoms with E-state index in [0.29, 0.717) is 98.2 Å². The number of aryl methyl sites for hydroxylation is 1. The van der Waals surface area contributed by atoms with Crippen LogP contribution in [0, 0.1) is 17.3 Å². The minimum absolute atomic E-state index is 0.0264. The number of nitrogens with zero attached hydrogens (tertiary/aromatic N) is 3. The number of guanidine groups is 1. The predicted octanol–water partition coefficient (Wildman–Crippen LogP) is 7.74. The van der Waals surface area contributed by atoms with Crippen LogP contribution in [-0.2, 0) is 40.1 Å². The lowest BCUT2D eigenvalue weighted by molar-refractivity contribution is -0.148. The van der Waals surface area contributed by atoms with E-state index in [9.17, 15) is 19.8 Å². The number of phenols is 1. The quantitative estimate of drug-likeness (QED) is 0.150. The van der Waals surface area contributed by atoms with Gasteiger partial charge in [-0.25, -0.2) is 4.98 Å². The van der Waals surface area contributed by atoms with E-state index in [-0.39, 0.29) is 35.1 Å². The van der Waals surface area contributed by atoms with Crippen LogP contribution in [0.1, 0.15) is 145 Å². The van der Waals surface area contributed by atoms with Gasteiger partial charge < -0.3 is 41.4 Å². The summed E-state index contributed by atoms with van der Waals surface area (Å²) in [6.07, 6.45) is 19.6. The largest absolute Gasteiger partial charge is 0.504 e. The first kappa shape index (κ1) is 44.3. The van der Waals surface area contributed by atoms with Crippen LogP contribution >= 0.6 is 21.6 Å². The smallest absolute Gasteiger partial charge is 0.302 e. The van der Waals surface area contributed by atoms with Crippen LogP contribution in [0.25, 0.3) is 0 Å². The van der Waals surface area contributed by atoms with E-state index >= 15 is 0 Å². The lowest BCUT2D eigenvalue weighted by atomic mass is 9.78. The topological polar surface area (TPSA) is 186 Å². The highest BCUT2D eigenvalue weighted by Crippen LogP contribution is 2.50. The summed E-state index contributed by atoms with van der Waals surface area (Å²) in [7, 11) is 3.95. The van der Waals surface area contributed by atoms with Gasteiger partial charge in [0.2, 0.25) is 5.91 Å². The maximum absolute atomic E-state index is 14.2. The average molecular weight is 877 g/mol. The number of aliphatic hydroxyl groups excluding tert-OH is 1. The number of nitrogen functional groups attached to an aromatic ring is 1. The first-order valence-corrected chi connectivity index (χ1v) is 25.4. The molecular formula is C47H68N6O6S2. The molecule has 4 fully saturated rings. The third-order valence-corrected chi connectivity index (χ3v) is 18.4. The summed E-state index contributed by atoms with van der Waals surface area (Å²) in [5.74, 6) is 2.29. The molecular weight excluding hydrogens is 809 g/mol. The molecule has 3 saturated carbocycles. The number of aliphatic imine (C=N–C) groups is 1. The van der Waals surface area contributed by atoms with Crippen molar-refractivity contribution in [3.63, 3.8) is 0 Å². The Hall–Kier alpha value is -3.36. The summed E-state index contributed by atoms with van der Waals surface area (Å²) >= 11 is 0. The first-order chi connectivity index (χ1) is 29.4. The second-order valence-corrected chi connectivity index (χ2v) is 22.2. The molecule has 1 amide bonds. The summed E-state index contributed by atoms with van der Waals surface area (Å²) < 4.78 is 12.6. The molecule has 1 aromatic carbocycles. The molecule has 61 heavy (non-hydrogen) atoms. The number of nitrogens with two attached hydrogens (primary N) is 2. The van der Waals surface area contributed by atoms with E-state index in [4.69, 9.17) is 25.9 Å². The number of aliphatic hydroxyl groups is 1. The Labute approximate surface area is 369 Å². The molecule has 1 aromatic heterocycles. The maximum Gasteiger partial charge on any atom is 0.302 e. The molecule has 7 N–H and O–H groups in total. The van der Waals surface area contributed by atoms with Crippen LogP contribution in [0.2, 0.25) is 0 Å². The molecule has 0 radical (unpaired) electrons. The Bertz CT molecular complexity index is 1900. The summed E-state index contributed by atoms with van der Waals surface area (Å²) in [6, 6.07) is 5.92. The van der Waals surface area contributed by atoms with Gasteiger partial charge >= 0.3 is 5.97 Å². The summed E-state index contributed by atoms with van der Waals surface area (Å²) in [5.41, 5.74) is 16.1. The van der Waals surface area contributed by atoms with Crippen LogP contribution in [0.3, 0.4) is 0 Å². The maximum atomic E-state index is 14.2. The molecule has 1 spiro atoms. The summed E-state index contributed by atoms with van der Waals surface area (Å²) in [5, 5.41) is 27.7. The zero-order chi connectivity index (χ0) is 42.6. The Balaban J connectivity index is 1.10. The number of hydrogen-bond donors (Lipinski definition) is 5. The van der Waals surface area contributed by atoms with Crippen molar-refractivity contribution in [1.29, 1.82) is 0 Å². The third-order valence-electron chi connectivity index (χ3n) is 14.7. The fourth-order valence-corrected chi connectivity index (χ4v) is 15.0. The highest BCUT2D eigenvalue weighted by atomic mass is 33.1. The van der Waals surface area contributed by atoms with Gasteiger partial charge in [-0.05, 0) is 150 Å². The van der Waals surface area contributed by atoms with E-state index < -0.39 is 17.6 Å². The first-order valence-electron chi connectivity index (χ1n) is 23.2. The van der Waals surface area contributed by atoms with Crippen molar-refractivity contribution in [3.8, 4) is 11.5 Å². The van der Waals surface area contributed by atoms with E-state index in [2.05, 4.69) is 16.4 Å². The van der Waals surface area contributed by atoms with Crippen LogP contribution in [0.4, 0.5) is 5.82 Å². The van der Waals surface area contributed by atoms with Crippen LogP contribution < -0.4 is 21.5 Å². The number of anilines is 1. The fraction of sp³-hybridized carbons (Fsp3) is 0.702. The predicted molar refractivity (Wildman–Crippen MR) is 243 cm³/mol. The number of esters is 1. The minimum Gasteiger partial charge on any atom is -0.504 e. The molecule has 5 heterocycles. The Morgan fingerprint density at radius 1 is 1.00 bits per heavy atom. The second-order valence-electron chi connectivity index (χ2n) is 19.3. The van der Waals surface area contributed by atoms with Crippen molar-refractivity contribution in [1.82, 2.24) is 15.2 Å². The number of fused-ring (bicyclic) bond motifs is 14. The number of benzene rings is 1. The molecule has 4 aliphatic heterocycles. The molecule has 2 aromatic rings. The molecule has 6 bridgehead atoms. The Morgan fingerprint density at radius 3 is 2.59 bits per heavy atom. The van der Waals surface area contributed by atoms with Crippen LogP contribution in [-0.4, -0.2) is 79.5 Å². The zero-order valence-corrected chi connectivity index (χ0v) is 37.7. The van der Waals surface area contributed by atoms with Gasteiger partial charge in [-0.3, -0.25) is 14.6 Å². The van der Waals surface area contributed by atoms with Crippen molar-refractivity contribution >= 4 is 45.2 Å². The lowest BCUT2D eigenvalue weighted by Crippen LogP contribution is -2.47. The van der Waals surface area contributed by atoms with Crippen LogP contribution in [0.5, 0.6) is 11.5 Å². The molecule has 14 heteroatoms. The normalized spacial score (nSPS) is 31.3. The fourth-order valence-electron chi connectivity index (χ4n) is 11.4. The van der Waals surface area contributed by atoms with Gasteiger partial charge in [0.15, 0.2) is 17.5 Å². The van der Waals surface area contributed by atoms with Crippen molar-refractivity contribution in [2.24, 2.45) is 28.0 Å². The van der Waals surface area contributed by atoms with Gasteiger partial charge in [0.25, 0.3) is 0 Å². The molecule has 7 aliphatic rings.